The first-order valence-corrected chi connectivity index (χ1v) is 17.3. The van der Waals surface area contributed by atoms with E-state index in [1.807, 2.05) is 37.3 Å². The maximum Gasteiger partial charge on any atom is 0.264 e. The second-order valence-corrected chi connectivity index (χ2v) is 13.0. The SMILES string of the molecule is CCNC(=O)C(Cc1ccccc1)N(Cc1ccc(Cl)cc1)C(=O)CN(c1ccc(OCC)cc1)S(=O)(=O)c1ccc(OC)c(OC)c1. The fourth-order valence-electron chi connectivity index (χ4n) is 5.14. The smallest absolute Gasteiger partial charge is 0.264 e. The highest BCUT2D eigenvalue weighted by atomic mass is 35.5. The van der Waals surface area contributed by atoms with Crippen LogP contribution in [0.1, 0.15) is 25.0 Å². The van der Waals surface area contributed by atoms with E-state index in [1.54, 1.807) is 55.5 Å². The lowest BCUT2D eigenvalue weighted by molar-refractivity contribution is -0.140. The van der Waals surface area contributed by atoms with Crippen LogP contribution >= 0.6 is 11.6 Å². The van der Waals surface area contributed by atoms with Crippen LogP contribution in [0.2, 0.25) is 5.02 Å². The molecule has 4 aromatic rings. The van der Waals surface area contributed by atoms with Crippen molar-refractivity contribution in [2.24, 2.45) is 0 Å². The summed E-state index contributed by atoms with van der Waals surface area (Å²) in [7, 11) is -1.51. The normalized spacial score (nSPS) is 11.7. The molecule has 0 aliphatic heterocycles. The van der Waals surface area contributed by atoms with Gasteiger partial charge in [0, 0.05) is 30.6 Å². The lowest BCUT2D eigenvalue weighted by Crippen LogP contribution is -2.53. The molecule has 0 heterocycles. The number of ether oxygens (including phenoxy) is 3. The van der Waals surface area contributed by atoms with Gasteiger partial charge in [0.1, 0.15) is 18.3 Å². The lowest BCUT2D eigenvalue weighted by atomic mass is 10.0. The number of anilines is 1. The van der Waals surface area contributed by atoms with E-state index < -0.39 is 28.5 Å². The van der Waals surface area contributed by atoms with Crippen LogP contribution in [0, 0.1) is 0 Å². The summed E-state index contributed by atoms with van der Waals surface area (Å²) >= 11 is 6.15. The van der Waals surface area contributed by atoms with Gasteiger partial charge in [-0.15, -0.1) is 0 Å². The van der Waals surface area contributed by atoms with Crippen molar-refractivity contribution in [1.29, 1.82) is 0 Å². The first-order chi connectivity index (χ1) is 23.1. The van der Waals surface area contributed by atoms with Crippen molar-refractivity contribution in [1.82, 2.24) is 10.2 Å². The van der Waals surface area contributed by atoms with Crippen LogP contribution in [0.15, 0.2) is 102 Å². The van der Waals surface area contributed by atoms with E-state index in [-0.39, 0.29) is 35.2 Å². The van der Waals surface area contributed by atoms with Crippen LogP contribution in [-0.2, 0) is 32.6 Å². The van der Waals surface area contributed by atoms with Gasteiger partial charge < -0.3 is 24.4 Å². The number of halogens is 1. The minimum absolute atomic E-state index is 0.0260. The number of rotatable bonds is 16. The molecule has 4 aromatic carbocycles. The second kappa shape index (κ2) is 16.9. The predicted molar refractivity (Wildman–Crippen MR) is 186 cm³/mol. The number of nitrogens with zero attached hydrogens (tertiary/aromatic N) is 2. The van der Waals surface area contributed by atoms with Crippen molar-refractivity contribution < 1.29 is 32.2 Å². The van der Waals surface area contributed by atoms with Crippen molar-refractivity contribution >= 4 is 39.1 Å². The van der Waals surface area contributed by atoms with Gasteiger partial charge in [-0.3, -0.25) is 13.9 Å². The molecule has 2 amide bonds. The zero-order valence-electron chi connectivity index (χ0n) is 27.4. The van der Waals surface area contributed by atoms with Gasteiger partial charge in [0.05, 0.1) is 31.4 Å². The first kappa shape index (κ1) is 36.1. The highest BCUT2D eigenvalue weighted by molar-refractivity contribution is 7.92. The maximum atomic E-state index is 14.6. The highest BCUT2D eigenvalue weighted by Crippen LogP contribution is 2.33. The van der Waals surface area contributed by atoms with Gasteiger partial charge >= 0.3 is 0 Å². The van der Waals surface area contributed by atoms with E-state index in [0.29, 0.717) is 35.2 Å². The van der Waals surface area contributed by atoms with Crippen molar-refractivity contribution in [2.45, 2.75) is 37.8 Å². The Morgan fingerprint density at radius 2 is 1.50 bits per heavy atom. The van der Waals surface area contributed by atoms with Gasteiger partial charge in [-0.25, -0.2) is 8.42 Å². The van der Waals surface area contributed by atoms with Gasteiger partial charge in [-0.2, -0.15) is 0 Å². The standard InChI is InChI=1S/C36H40ClN3O7S/c1-5-38-36(42)32(22-26-10-8-7-9-11-26)39(24-27-12-14-28(37)15-13-27)35(41)25-40(29-16-18-30(19-17-29)47-6-2)48(43,44)31-20-21-33(45-3)34(23-31)46-4/h7-21,23,32H,5-6,22,24-25H2,1-4H3,(H,38,42). The molecule has 1 N–H and O–H groups in total. The van der Waals surface area contributed by atoms with E-state index in [0.717, 1.165) is 9.87 Å². The molecule has 12 heteroatoms. The monoisotopic (exact) mass is 693 g/mol. The van der Waals surface area contributed by atoms with E-state index in [9.17, 15) is 18.0 Å². The third-order valence-corrected chi connectivity index (χ3v) is 9.57. The number of carbonyl (C=O) groups excluding carboxylic acids is 2. The highest BCUT2D eigenvalue weighted by Gasteiger charge is 2.35. The van der Waals surface area contributed by atoms with Gasteiger partial charge in [0.25, 0.3) is 10.0 Å². The van der Waals surface area contributed by atoms with Crippen LogP contribution in [-0.4, -0.2) is 65.1 Å². The molecular formula is C36H40ClN3O7S. The molecule has 48 heavy (non-hydrogen) atoms. The van der Waals surface area contributed by atoms with E-state index >= 15 is 0 Å². The molecule has 0 aliphatic rings. The number of sulfonamides is 1. The summed E-state index contributed by atoms with van der Waals surface area (Å²) in [6.45, 7) is 3.83. The van der Waals surface area contributed by atoms with Crippen molar-refractivity contribution in [3.05, 3.63) is 113 Å². The summed E-state index contributed by atoms with van der Waals surface area (Å²) in [5.74, 6) is 0.147. The summed E-state index contributed by atoms with van der Waals surface area (Å²) in [6, 6.07) is 26.0. The van der Waals surface area contributed by atoms with E-state index in [2.05, 4.69) is 5.32 Å². The van der Waals surface area contributed by atoms with Crippen LogP contribution in [0.25, 0.3) is 0 Å². The van der Waals surface area contributed by atoms with Gasteiger partial charge in [0.15, 0.2) is 11.5 Å². The quantitative estimate of drug-likeness (QED) is 0.160. The Labute approximate surface area is 287 Å². The molecule has 0 bridgehead atoms. The Bertz CT molecular complexity index is 1770. The summed E-state index contributed by atoms with van der Waals surface area (Å²) < 4.78 is 46.1. The second-order valence-electron chi connectivity index (χ2n) is 10.7. The number of amides is 2. The zero-order valence-corrected chi connectivity index (χ0v) is 29.0. The molecule has 0 aliphatic carbocycles. The Balaban J connectivity index is 1.82. The lowest BCUT2D eigenvalue weighted by Gasteiger charge is -2.34. The van der Waals surface area contributed by atoms with Crippen LogP contribution in [0.3, 0.4) is 0 Å². The summed E-state index contributed by atoms with van der Waals surface area (Å²) in [4.78, 5) is 29.5. The van der Waals surface area contributed by atoms with E-state index in [1.165, 1.54) is 37.3 Å². The molecule has 10 nitrogen and oxygen atoms in total. The number of carbonyl (C=O) groups is 2. The largest absolute Gasteiger partial charge is 0.494 e. The minimum Gasteiger partial charge on any atom is -0.494 e. The average molecular weight is 694 g/mol. The zero-order chi connectivity index (χ0) is 34.7. The molecule has 0 aromatic heterocycles. The Kier molecular flexibility index (Phi) is 12.7. The van der Waals surface area contributed by atoms with Crippen LogP contribution in [0.4, 0.5) is 5.69 Å². The Morgan fingerprint density at radius 3 is 2.10 bits per heavy atom. The van der Waals surface area contributed by atoms with Crippen LogP contribution in [0.5, 0.6) is 17.2 Å². The molecular weight excluding hydrogens is 654 g/mol. The summed E-state index contributed by atoms with van der Waals surface area (Å²) in [5.41, 5.74) is 1.78. The number of nitrogens with one attached hydrogen (secondary N) is 1. The topological polar surface area (TPSA) is 114 Å². The molecule has 0 spiro atoms. The molecule has 0 radical (unpaired) electrons. The number of likely N-dealkylation sites (N-methyl/N-ethyl adjacent to an activating group) is 1. The fourth-order valence-corrected chi connectivity index (χ4v) is 6.70. The first-order valence-electron chi connectivity index (χ1n) is 15.4. The number of methoxy groups -OCH3 is 2. The fraction of sp³-hybridized carbons (Fsp3) is 0.278. The molecule has 0 fully saturated rings. The number of hydrogen-bond donors (Lipinski definition) is 1. The van der Waals surface area contributed by atoms with Gasteiger partial charge in [-0.1, -0.05) is 54.1 Å². The average Bonchev–Trinajstić information content (AvgIpc) is 3.10. The summed E-state index contributed by atoms with van der Waals surface area (Å²) in [6.07, 6.45) is 0.206. The number of benzene rings is 4. The summed E-state index contributed by atoms with van der Waals surface area (Å²) in [5, 5.41) is 3.37. The van der Waals surface area contributed by atoms with Crippen molar-refractivity contribution in [2.75, 3.05) is 38.2 Å². The third-order valence-electron chi connectivity index (χ3n) is 7.55. The van der Waals surface area contributed by atoms with Crippen LogP contribution < -0.4 is 23.8 Å². The maximum absolute atomic E-state index is 14.6. The Morgan fingerprint density at radius 1 is 0.833 bits per heavy atom. The van der Waals surface area contributed by atoms with Gasteiger partial charge in [-0.05, 0) is 73.5 Å². The molecule has 4 rings (SSSR count). The molecule has 1 unspecified atom stereocenters. The number of hydrogen-bond acceptors (Lipinski definition) is 7. The Hall–Kier alpha value is -4.74. The van der Waals surface area contributed by atoms with Gasteiger partial charge in [0.2, 0.25) is 11.8 Å². The minimum atomic E-state index is -4.37. The molecule has 1 atom stereocenters. The third kappa shape index (κ3) is 8.99. The predicted octanol–water partition coefficient (Wildman–Crippen LogP) is 5.73. The molecule has 0 saturated carbocycles. The molecule has 0 saturated heterocycles. The van der Waals surface area contributed by atoms with E-state index in [4.69, 9.17) is 25.8 Å². The molecule has 254 valence electrons. The van der Waals surface area contributed by atoms with Crippen molar-refractivity contribution in [3.63, 3.8) is 0 Å². The van der Waals surface area contributed by atoms with Crippen molar-refractivity contribution in [3.8, 4) is 17.2 Å².